The molecule has 0 aromatic carbocycles. The fraction of sp³-hybridized carbons (Fsp3) is 0. The standard InChI is InChI=1S/C4H4NSe/c1-3-6-4-2-5-1/h1-4H. The van der Waals surface area contributed by atoms with Crippen molar-refractivity contribution in [3.63, 3.8) is 0 Å². The van der Waals surface area contributed by atoms with E-state index < -0.39 is 0 Å². The molecule has 0 aromatic heterocycles. The molecule has 2 heteroatoms. The van der Waals surface area contributed by atoms with Gasteiger partial charge >= 0.3 is 42.6 Å². The van der Waals surface area contributed by atoms with Crippen LogP contribution in [-0.4, -0.2) is 15.0 Å². The first-order valence-electron chi connectivity index (χ1n) is 1.65. The summed E-state index contributed by atoms with van der Waals surface area (Å²) in [6.45, 7) is 0. The molecular weight excluding hydrogens is 141 g/mol. The fourth-order valence-electron chi connectivity index (χ4n) is 0.236. The third-order valence-corrected chi connectivity index (χ3v) is 1.62. The number of rotatable bonds is 0. The molecule has 0 N–H and O–H groups in total. The third-order valence-electron chi connectivity index (χ3n) is 0.451. The summed E-state index contributed by atoms with van der Waals surface area (Å²) < 4.78 is 0. The quantitative estimate of drug-likeness (QED) is 0.434. The van der Waals surface area contributed by atoms with Crippen molar-refractivity contribution in [3.8, 4) is 0 Å². The molecule has 0 saturated carbocycles. The molecule has 0 unspecified atom stereocenters. The molecule has 1 aliphatic heterocycles. The van der Waals surface area contributed by atoms with Crippen molar-refractivity contribution in [3.05, 3.63) is 22.3 Å². The van der Waals surface area contributed by atoms with Crippen molar-refractivity contribution in [1.82, 2.24) is 5.32 Å². The van der Waals surface area contributed by atoms with E-state index in [2.05, 4.69) is 15.3 Å². The summed E-state index contributed by atoms with van der Waals surface area (Å²) in [5, 5.41) is 3.83. The van der Waals surface area contributed by atoms with E-state index in [1.807, 2.05) is 12.4 Å². The topological polar surface area (TPSA) is 14.1 Å². The van der Waals surface area contributed by atoms with Gasteiger partial charge in [-0.25, -0.2) is 0 Å². The molecule has 31 valence electrons. The minimum atomic E-state index is 0.599. The molecule has 0 saturated heterocycles. The first kappa shape index (κ1) is 3.97. The molecule has 0 bridgehead atoms. The van der Waals surface area contributed by atoms with E-state index in [1.165, 1.54) is 0 Å². The van der Waals surface area contributed by atoms with Gasteiger partial charge in [0.05, 0.1) is 0 Å². The minimum absolute atomic E-state index is 0.599. The fourth-order valence-corrected chi connectivity index (χ4v) is 1.02. The zero-order valence-corrected chi connectivity index (χ0v) is 4.88. The van der Waals surface area contributed by atoms with E-state index >= 15 is 0 Å². The van der Waals surface area contributed by atoms with Gasteiger partial charge in [0.1, 0.15) is 0 Å². The molecule has 0 fully saturated rings. The Kier molecular flexibility index (Phi) is 1.36. The van der Waals surface area contributed by atoms with Gasteiger partial charge in [-0.15, -0.1) is 0 Å². The van der Waals surface area contributed by atoms with Crippen molar-refractivity contribution in [2.24, 2.45) is 0 Å². The Hall–Kier alpha value is -0.201. The van der Waals surface area contributed by atoms with Crippen LogP contribution in [0, 0.1) is 0 Å². The average molecular weight is 145 g/mol. The molecule has 1 heterocycles. The van der Waals surface area contributed by atoms with Crippen LogP contribution in [-0.2, 0) is 0 Å². The van der Waals surface area contributed by atoms with Crippen LogP contribution in [0.2, 0.25) is 0 Å². The summed E-state index contributed by atoms with van der Waals surface area (Å²) in [5.74, 6) is 0. The van der Waals surface area contributed by atoms with Crippen LogP contribution < -0.4 is 5.32 Å². The van der Waals surface area contributed by atoms with Gasteiger partial charge in [-0.2, -0.15) is 0 Å². The molecule has 6 heavy (non-hydrogen) atoms. The Balaban J connectivity index is 2.40. The SMILES string of the molecule is C1=C[Se]C=C[N]1. The van der Waals surface area contributed by atoms with E-state index in [0.29, 0.717) is 15.0 Å². The van der Waals surface area contributed by atoms with Gasteiger partial charge < -0.3 is 0 Å². The second-order valence-electron chi connectivity index (χ2n) is 0.855. The first-order valence-corrected chi connectivity index (χ1v) is 3.63. The molecule has 0 aliphatic carbocycles. The molecular formula is C4H4NSe. The van der Waals surface area contributed by atoms with Crippen molar-refractivity contribution >= 4 is 15.0 Å². The monoisotopic (exact) mass is 146 g/mol. The van der Waals surface area contributed by atoms with Gasteiger partial charge in [0.2, 0.25) is 0 Å². The molecule has 0 spiro atoms. The van der Waals surface area contributed by atoms with Crippen LogP contribution >= 0.6 is 0 Å². The number of hydrogen-bond acceptors (Lipinski definition) is 0. The summed E-state index contributed by atoms with van der Waals surface area (Å²) in [5.41, 5.74) is 0. The van der Waals surface area contributed by atoms with Crippen LogP contribution in [0.3, 0.4) is 0 Å². The van der Waals surface area contributed by atoms with Crippen molar-refractivity contribution in [1.29, 1.82) is 0 Å². The van der Waals surface area contributed by atoms with E-state index in [0.717, 1.165) is 0 Å². The zero-order valence-electron chi connectivity index (χ0n) is 3.16. The van der Waals surface area contributed by atoms with Crippen LogP contribution in [0.15, 0.2) is 22.3 Å². The second-order valence-corrected chi connectivity index (χ2v) is 2.57. The Morgan fingerprint density at radius 3 is 2.00 bits per heavy atom. The maximum absolute atomic E-state index is 3.83. The molecule has 1 nitrogen and oxygen atoms in total. The molecule has 0 amide bonds. The molecule has 1 radical (unpaired) electrons. The van der Waals surface area contributed by atoms with Crippen molar-refractivity contribution in [2.45, 2.75) is 0 Å². The Labute approximate surface area is 43.3 Å². The molecule has 0 atom stereocenters. The van der Waals surface area contributed by atoms with Crippen LogP contribution in [0.5, 0.6) is 0 Å². The van der Waals surface area contributed by atoms with Gasteiger partial charge in [-0.3, -0.25) is 0 Å². The summed E-state index contributed by atoms with van der Waals surface area (Å²) >= 11 is 0.599. The molecule has 1 rings (SSSR count). The summed E-state index contributed by atoms with van der Waals surface area (Å²) in [4.78, 5) is 4.15. The van der Waals surface area contributed by atoms with Gasteiger partial charge in [0.25, 0.3) is 0 Å². The van der Waals surface area contributed by atoms with Gasteiger partial charge in [-0.1, -0.05) is 0 Å². The van der Waals surface area contributed by atoms with Crippen LogP contribution in [0.25, 0.3) is 0 Å². The maximum atomic E-state index is 3.83. The Morgan fingerprint density at radius 2 is 1.83 bits per heavy atom. The van der Waals surface area contributed by atoms with Crippen LogP contribution in [0.1, 0.15) is 0 Å². The van der Waals surface area contributed by atoms with E-state index in [9.17, 15) is 0 Å². The first-order chi connectivity index (χ1) is 3.00. The van der Waals surface area contributed by atoms with E-state index in [1.54, 1.807) is 0 Å². The summed E-state index contributed by atoms with van der Waals surface area (Å²) in [6.07, 6.45) is 3.67. The van der Waals surface area contributed by atoms with Gasteiger partial charge in [0, 0.05) is 0 Å². The predicted molar refractivity (Wildman–Crippen MR) is 26.2 cm³/mol. The van der Waals surface area contributed by atoms with E-state index in [-0.39, 0.29) is 0 Å². The molecule has 1 aliphatic rings. The normalized spacial score (nSPS) is 17.3. The van der Waals surface area contributed by atoms with E-state index in [4.69, 9.17) is 0 Å². The third kappa shape index (κ3) is 0.885. The van der Waals surface area contributed by atoms with Gasteiger partial charge in [-0.05, 0) is 0 Å². The van der Waals surface area contributed by atoms with Crippen molar-refractivity contribution in [2.75, 3.05) is 0 Å². The number of hydrogen-bond donors (Lipinski definition) is 0. The van der Waals surface area contributed by atoms with Crippen molar-refractivity contribution < 1.29 is 0 Å². The summed E-state index contributed by atoms with van der Waals surface area (Å²) in [7, 11) is 0. The summed E-state index contributed by atoms with van der Waals surface area (Å²) in [6, 6.07) is 0. The Bertz CT molecular complexity index is 65.5. The molecule has 0 aromatic rings. The second kappa shape index (κ2) is 2.06. The average Bonchev–Trinajstić information content (AvgIpc) is 1.72. The number of nitrogens with zero attached hydrogens (tertiary/aromatic N) is 1. The van der Waals surface area contributed by atoms with Gasteiger partial charge in [0.15, 0.2) is 0 Å². The Morgan fingerprint density at radius 1 is 1.17 bits per heavy atom. The zero-order chi connectivity index (χ0) is 4.24. The van der Waals surface area contributed by atoms with Crippen LogP contribution in [0.4, 0.5) is 0 Å². The predicted octanol–water partition coefficient (Wildman–Crippen LogP) is 0.251.